The summed E-state index contributed by atoms with van der Waals surface area (Å²) < 4.78 is 0. The molecule has 0 saturated heterocycles. The quantitative estimate of drug-likeness (QED) is 0.896. The van der Waals surface area contributed by atoms with E-state index in [0.29, 0.717) is 0 Å². The predicted molar refractivity (Wildman–Crippen MR) is 81.8 cm³/mol. The first-order chi connectivity index (χ1) is 9.33. The summed E-state index contributed by atoms with van der Waals surface area (Å²) in [6, 6.07) is 17.2. The molecule has 0 unspecified atom stereocenters. The lowest BCUT2D eigenvalue weighted by Gasteiger charge is -2.28. The summed E-state index contributed by atoms with van der Waals surface area (Å²) >= 11 is 0. The first-order valence-corrected chi connectivity index (χ1v) is 6.95. The van der Waals surface area contributed by atoms with Crippen LogP contribution in [0.3, 0.4) is 0 Å². The van der Waals surface area contributed by atoms with Crippen LogP contribution in [0.5, 0.6) is 0 Å². The van der Waals surface area contributed by atoms with Crippen LogP contribution in [0.2, 0.25) is 0 Å². The van der Waals surface area contributed by atoms with Gasteiger partial charge in [0.1, 0.15) is 0 Å². The molecule has 1 N–H and O–H groups in total. The zero-order valence-corrected chi connectivity index (χ0v) is 11.4. The summed E-state index contributed by atoms with van der Waals surface area (Å²) in [7, 11) is 2.18. The van der Waals surface area contributed by atoms with E-state index in [4.69, 9.17) is 0 Å². The molecule has 0 amide bonds. The van der Waals surface area contributed by atoms with Crippen molar-refractivity contribution in [3.05, 3.63) is 59.7 Å². The van der Waals surface area contributed by atoms with Crippen molar-refractivity contribution in [2.75, 3.05) is 23.8 Å². The van der Waals surface area contributed by atoms with Gasteiger partial charge in [0.05, 0.1) is 0 Å². The molecule has 0 aromatic heterocycles. The van der Waals surface area contributed by atoms with Gasteiger partial charge in [-0.1, -0.05) is 30.3 Å². The van der Waals surface area contributed by atoms with Gasteiger partial charge in [-0.15, -0.1) is 0 Å². The topological polar surface area (TPSA) is 15.3 Å². The lowest BCUT2D eigenvalue weighted by atomic mass is 10.0. The largest absolute Gasteiger partial charge is 0.381 e. The van der Waals surface area contributed by atoms with Crippen LogP contribution in [0.1, 0.15) is 17.5 Å². The molecule has 0 fully saturated rings. The summed E-state index contributed by atoms with van der Waals surface area (Å²) in [4.78, 5) is 2.35. The Bertz CT molecular complexity index is 548. The molecule has 0 radical (unpaired) electrons. The maximum Gasteiger partial charge on any atom is 0.0400 e. The van der Waals surface area contributed by atoms with Crippen molar-refractivity contribution >= 4 is 11.4 Å². The lowest BCUT2D eigenvalue weighted by Crippen LogP contribution is -2.24. The van der Waals surface area contributed by atoms with Gasteiger partial charge >= 0.3 is 0 Å². The van der Waals surface area contributed by atoms with Crippen molar-refractivity contribution in [3.8, 4) is 0 Å². The molecule has 1 aliphatic heterocycles. The third-order valence-electron chi connectivity index (χ3n) is 3.77. The van der Waals surface area contributed by atoms with Crippen LogP contribution in [0.15, 0.2) is 48.5 Å². The normalized spacial score (nSPS) is 14.1. The van der Waals surface area contributed by atoms with Gasteiger partial charge in [-0.2, -0.15) is 0 Å². The van der Waals surface area contributed by atoms with Gasteiger partial charge in [0.15, 0.2) is 0 Å². The molecule has 1 aliphatic rings. The van der Waals surface area contributed by atoms with Crippen molar-refractivity contribution in [2.24, 2.45) is 0 Å². The molecular weight excluding hydrogens is 232 g/mol. The van der Waals surface area contributed by atoms with E-state index in [0.717, 1.165) is 6.54 Å². The molecule has 0 saturated carbocycles. The zero-order valence-electron chi connectivity index (χ0n) is 11.4. The number of nitrogens with zero attached hydrogens (tertiary/aromatic N) is 1. The Morgan fingerprint density at radius 1 is 1.11 bits per heavy atom. The third kappa shape index (κ3) is 2.73. The number of aryl methyl sites for hydroxylation is 1. The smallest absolute Gasteiger partial charge is 0.0400 e. The van der Waals surface area contributed by atoms with Gasteiger partial charge < -0.3 is 10.2 Å². The lowest BCUT2D eigenvalue weighted by molar-refractivity contribution is 0.744. The van der Waals surface area contributed by atoms with Crippen molar-refractivity contribution in [3.63, 3.8) is 0 Å². The molecule has 0 atom stereocenters. The predicted octanol–water partition coefficient (Wildman–Crippen LogP) is 3.68. The summed E-state index contributed by atoms with van der Waals surface area (Å²) in [5.74, 6) is 0. The van der Waals surface area contributed by atoms with Crippen molar-refractivity contribution < 1.29 is 0 Å². The molecule has 2 nitrogen and oxygen atoms in total. The van der Waals surface area contributed by atoms with Gasteiger partial charge in [0.2, 0.25) is 0 Å². The number of nitrogens with one attached hydrogen (secondary N) is 1. The Kier molecular flexibility index (Phi) is 3.41. The van der Waals surface area contributed by atoms with E-state index in [1.807, 2.05) is 0 Å². The maximum absolute atomic E-state index is 3.51. The number of rotatable bonds is 3. The van der Waals surface area contributed by atoms with Crippen LogP contribution in [0.25, 0.3) is 0 Å². The SMILES string of the molecule is CN1CCCc2cc(NCc3ccccc3)ccc21. The molecule has 19 heavy (non-hydrogen) atoms. The van der Waals surface area contributed by atoms with Gasteiger partial charge in [-0.3, -0.25) is 0 Å². The molecule has 3 rings (SSSR count). The van der Waals surface area contributed by atoms with Crippen LogP contribution in [0, 0.1) is 0 Å². The molecule has 0 aliphatic carbocycles. The van der Waals surface area contributed by atoms with E-state index in [9.17, 15) is 0 Å². The minimum atomic E-state index is 0.884. The Morgan fingerprint density at radius 2 is 1.95 bits per heavy atom. The second-order valence-electron chi connectivity index (χ2n) is 5.21. The highest BCUT2D eigenvalue weighted by Crippen LogP contribution is 2.28. The van der Waals surface area contributed by atoms with Crippen molar-refractivity contribution in [2.45, 2.75) is 19.4 Å². The molecule has 0 spiro atoms. The van der Waals surface area contributed by atoms with Crippen molar-refractivity contribution in [1.29, 1.82) is 0 Å². The first kappa shape index (κ1) is 12.1. The molecular formula is C17H20N2. The number of benzene rings is 2. The maximum atomic E-state index is 3.51. The number of hydrogen-bond acceptors (Lipinski definition) is 2. The van der Waals surface area contributed by atoms with E-state index in [1.54, 1.807) is 0 Å². The minimum Gasteiger partial charge on any atom is -0.381 e. The van der Waals surface area contributed by atoms with E-state index in [-0.39, 0.29) is 0 Å². The first-order valence-electron chi connectivity index (χ1n) is 6.95. The van der Waals surface area contributed by atoms with Crippen LogP contribution < -0.4 is 10.2 Å². The van der Waals surface area contributed by atoms with Gasteiger partial charge in [0, 0.05) is 31.5 Å². The Labute approximate surface area is 115 Å². The second-order valence-corrected chi connectivity index (χ2v) is 5.21. The standard InChI is InChI=1S/C17H20N2/c1-19-11-5-8-15-12-16(9-10-17(15)19)18-13-14-6-3-2-4-7-14/h2-4,6-7,9-10,12,18H,5,8,11,13H2,1H3. The molecule has 98 valence electrons. The Balaban J connectivity index is 1.72. The fourth-order valence-electron chi connectivity index (χ4n) is 2.70. The number of fused-ring (bicyclic) bond motifs is 1. The summed E-state index contributed by atoms with van der Waals surface area (Å²) in [6.07, 6.45) is 2.45. The van der Waals surface area contributed by atoms with Gasteiger partial charge in [-0.25, -0.2) is 0 Å². The zero-order chi connectivity index (χ0) is 13.1. The number of hydrogen-bond donors (Lipinski definition) is 1. The molecule has 2 aromatic rings. The van der Waals surface area contributed by atoms with Gasteiger partial charge in [0.25, 0.3) is 0 Å². The Hall–Kier alpha value is -1.96. The van der Waals surface area contributed by atoms with Crippen LogP contribution in [0.4, 0.5) is 11.4 Å². The molecule has 2 aromatic carbocycles. The second kappa shape index (κ2) is 5.35. The highest BCUT2D eigenvalue weighted by molar-refractivity contribution is 5.62. The number of anilines is 2. The van der Waals surface area contributed by atoms with Crippen LogP contribution in [-0.2, 0) is 13.0 Å². The fraction of sp³-hybridized carbons (Fsp3) is 0.294. The minimum absolute atomic E-state index is 0.884. The van der Waals surface area contributed by atoms with Gasteiger partial charge in [-0.05, 0) is 42.2 Å². The Morgan fingerprint density at radius 3 is 2.79 bits per heavy atom. The average Bonchev–Trinajstić information content (AvgIpc) is 2.46. The molecule has 0 bridgehead atoms. The average molecular weight is 252 g/mol. The monoisotopic (exact) mass is 252 g/mol. The van der Waals surface area contributed by atoms with E-state index < -0.39 is 0 Å². The van der Waals surface area contributed by atoms with E-state index >= 15 is 0 Å². The van der Waals surface area contributed by atoms with E-state index in [2.05, 4.69) is 65.8 Å². The summed E-state index contributed by atoms with van der Waals surface area (Å²) in [5, 5.41) is 3.51. The fourth-order valence-corrected chi connectivity index (χ4v) is 2.70. The summed E-state index contributed by atoms with van der Waals surface area (Å²) in [5.41, 5.74) is 5.39. The highest BCUT2D eigenvalue weighted by atomic mass is 15.1. The van der Waals surface area contributed by atoms with Crippen LogP contribution in [-0.4, -0.2) is 13.6 Å². The highest BCUT2D eigenvalue weighted by Gasteiger charge is 2.13. The molecule has 1 heterocycles. The van der Waals surface area contributed by atoms with Crippen LogP contribution >= 0.6 is 0 Å². The van der Waals surface area contributed by atoms with Crippen molar-refractivity contribution in [1.82, 2.24) is 0 Å². The molecule has 2 heteroatoms. The third-order valence-corrected chi connectivity index (χ3v) is 3.77. The van der Waals surface area contributed by atoms with E-state index in [1.165, 1.54) is 41.9 Å². The summed E-state index contributed by atoms with van der Waals surface area (Å²) in [6.45, 7) is 2.05.